The lowest BCUT2D eigenvalue weighted by atomic mass is 9.98. The van der Waals surface area contributed by atoms with Gasteiger partial charge in [-0.3, -0.25) is 0 Å². The van der Waals surface area contributed by atoms with Crippen LogP contribution in [-0.4, -0.2) is 0 Å². The first-order chi connectivity index (χ1) is 8.91. The molecule has 2 rings (SSSR count). The van der Waals surface area contributed by atoms with Crippen LogP contribution in [0.25, 0.3) is 11.1 Å². The lowest BCUT2D eigenvalue weighted by Crippen LogP contribution is -2.05. The highest BCUT2D eigenvalue weighted by Crippen LogP contribution is 2.33. The number of alkyl halides is 3. The van der Waals surface area contributed by atoms with Gasteiger partial charge in [0.25, 0.3) is 0 Å². The smallest absolute Gasteiger partial charge is 0.207 e. The average Bonchev–Trinajstić information content (AvgIpc) is 2.38. The normalized spacial score (nSPS) is 11.1. The molecule has 0 radical (unpaired) electrons. The minimum atomic E-state index is -4.49. The Labute approximate surface area is 106 Å². The van der Waals surface area contributed by atoms with Crippen molar-refractivity contribution in [3.8, 4) is 17.2 Å². The molecule has 0 fully saturated rings. The minimum Gasteiger partial charge on any atom is -0.207 e. The van der Waals surface area contributed by atoms with Crippen LogP contribution < -0.4 is 0 Å². The van der Waals surface area contributed by atoms with Gasteiger partial charge >= 0.3 is 6.18 Å². The topological polar surface area (TPSA) is 23.8 Å². The number of nitrogens with zero attached hydrogens (tertiary/aromatic N) is 1. The standard InChI is InChI=1S/C14H7F4N/c15-12-4-1-9(2-5-12)13-6-3-11(14(16,17)18)7-10(13)8-19/h1-7H. The van der Waals surface area contributed by atoms with Crippen molar-refractivity contribution in [1.29, 1.82) is 5.26 Å². The fourth-order valence-corrected chi connectivity index (χ4v) is 1.69. The van der Waals surface area contributed by atoms with Crippen molar-refractivity contribution in [3.63, 3.8) is 0 Å². The summed E-state index contributed by atoms with van der Waals surface area (Å²) >= 11 is 0. The first-order valence-electron chi connectivity index (χ1n) is 5.29. The van der Waals surface area contributed by atoms with Gasteiger partial charge in [-0.05, 0) is 35.4 Å². The van der Waals surface area contributed by atoms with E-state index in [1.165, 1.54) is 30.3 Å². The molecule has 0 aliphatic heterocycles. The predicted octanol–water partition coefficient (Wildman–Crippen LogP) is 4.38. The fraction of sp³-hybridized carbons (Fsp3) is 0.0714. The Kier molecular flexibility index (Phi) is 3.26. The molecule has 0 atom stereocenters. The third kappa shape index (κ3) is 2.74. The highest BCUT2D eigenvalue weighted by Gasteiger charge is 2.31. The lowest BCUT2D eigenvalue weighted by molar-refractivity contribution is -0.137. The molecule has 0 aliphatic rings. The van der Waals surface area contributed by atoms with Crippen molar-refractivity contribution in [2.45, 2.75) is 6.18 Å². The lowest BCUT2D eigenvalue weighted by Gasteiger charge is -2.10. The molecule has 0 unspecified atom stereocenters. The number of rotatable bonds is 1. The molecule has 0 aromatic heterocycles. The molecule has 96 valence electrons. The molecule has 0 aliphatic carbocycles. The highest BCUT2D eigenvalue weighted by atomic mass is 19.4. The van der Waals surface area contributed by atoms with Crippen LogP contribution in [0.15, 0.2) is 42.5 Å². The summed E-state index contributed by atoms with van der Waals surface area (Å²) in [6.07, 6.45) is -4.49. The van der Waals surface area contributed by atoms with Gasteiger partial charge in [-0.2, -0.15) is 18.4 Å². The third-order valence-corrected chi connectivity index (χ3v) is 2.62. The SMILES string of the molecule is N#Cc1cc(C(F)(F)F)ccc1-c1ccc(F)cc1. The zero-order chi connectivity index (χ0) is 14.0. The fourth-order valence-electron chi connectivity index (χ4n) is 1.69. The Morgan fingerprint density at radius 1 is 0.947 bits per heavy atom. The summed E-state index contributed by atoms with van der Waals surface area (Å²) in [5, 5.41) is 8.93. The van der Waals surface area contributed by atoms with E-state index >= 15 is 0 Å². The first-order valence-corrected chi connectivity index (χ1v) is 5.29. The van der Waals surface area contributed by atoms with Crippen LogP contribution in [0.4, 0.5) is 17.6 Å². The van der Waals surface area contributed by atoms with Gasteiger partial charge in [0.2, 0.25) is 0 Å². The van der Waals surface area contributed by atoms with Gasteiger partial charge in [0, 0.05) is 0 Å². The quantitative estimate of drug-likeness (QED) is 0.702. The summed E-state index contributed by atoms with van der Waals surface area (Å²) in [4.78, 5) is 0. The summed E-state index contributed by atoms with van der Waals surface area (Å²) < 4.78 is 50.4. The van der Waals surface area contributed by atoms with Gasteiger partial charge in [0.15, 0.2) is 0 Å². The van der Waals surface area contributed by atoms with E-state index in [4.69, 9.17) is 5.26 Å². The van der Waals surface area contributed by atoms with Crippen LogP contribution in [0.2, 0.25) is 0 Å². The van der Waals surface area contributed by atoms with Gasteiger partial charge in [-0.1, -0.05) is 18.2 Å². The zero-order valence-electron chi connectivity index (χ0n) is 9.50. The molecule has 2 aromatic carbocycles. The molecule has 5 heteroatoms. The van der Waals surface area contributed by atoms with E-state index in [1.54, 1.807) is 6.07 Å². The molecule has 2 aromatic rings. The van der Waals surface area contributed by atoms with Crippen LogP contribution in [0, 0.1) is 17.1 Å². The van der Waals surface area contributed by atoms with Crippen LogP contribution in [0.1, 0.15) is 11.1 Å². The Morgan fingerprint density at radius 3 is 2.11 bits per heavy atom. The second kappa shape index (κ2) is 4.73. The molecule has 0 heterocycles. The molecular formula is C14H7F4N. The number of nitriles is 1. The maximum absolute atomic E-state index is 12.8. The third-order valence-electron chi connectivity index (χ3n) is 2.62. The molecule has 0 saturated heterocycles. The maximum atomic E-state index is 12.8. The number of benzene rings is 2. The van der Waals surface area contributed by atoms with E-state index in [1.807, 2.05) is 0 Å². The van der Waals surface area contributed by atoms with Crippen LogP contribution >= 0.6 is 0 Å². The van der Waals surface area contributed by atoms with Gasteiger partial charge < -0.3 is 0 Å². The molecule has 0 amide bonds. The van der Waals surface area contributed by atoms with Crippen molar-refractivity contribution >= 4 is 0 Å². The summed E-state index contributed by atoms with van der Waals surface area (Å²) in [5.41, 5.74) is -0.140. The van der Waals surface area contributed by atoms with E-state index < -0.39 is 17.6 Å². The van der Waals surface area contributed by atoms with Crippen molar-refractivity contribution in [2.75, 3.05) is 0 Å². The Bertz CT molecular complexity index is 636. The Balaban J connectivity index is 2.54. The Hall–Kier alpha value is -2.35. The van der Waals surface area contributed by atoms with Gasteiger partial charge in [-0.25, -0.2) is 4.39 Å². The first kappa shape index (κ1) is 13.1. The Morgan fingerprint density at radius 2 is 1.58 bits per heavy atom. The highest BCUT2D eigenvalue weighted by molar-refractivity contribution is 5.71. The van der Waals surface area contributed by atoms with Crippen LogP contribution in [0.5, 0.6) is 0 Å². The zero-order valence-corrected chi connectivity index (χ0v) is 9.50. The van der Waals surface area contributed by atoms with E-state index in [2.05, 4.69) is 0 Å². The summed E-state index contributed by atoms with van der Waals surface area (Å²) in [7, 11) is 0. The summed E-state index contributed by atoms with van der Waals surface area (Å²) in [5.74, 6) is -0.450. The van der Waals surface area contributed by atoms with E-state index in [0.717, 1.165) is 12.1 Å². The summed E-state index contributed by atoms with van der Waals surface area (Å²) in [6.45, 7) is 0. The molecule has 19 heavy (non-hydrogen) atoms. The van der Waals surface area contributed by atoms with E-state index in [0.29, 0.717) is 11.1 Å². The molecule has 0 bridgehead atoms. The maximum Gasteiger partial charge on any atom is 0.416 e. The number of hydrogen-bond donors (Lipinski definition) is 0. The van der Waals surface area contributed by atoms with Gasteiger partial charge in [-0.15, -0.1) is 0 Å². The molecular weight excluding hydrogens is 258 g/mol. The van der Waals surface area contributed by atoms with Gasteiger partial charge in [0.1, 0.15) is 5.82 Å². The number of halogens is 4. The second-order valence-electron chi connectivity index (χ2n) is 3.88. The van der Waals surface area contributed by atoms with Crippen LogP contribution in [0.3, 0.4) is 0 Å². The minimum absolute atomic E-state index is 0.0959. The molecule has 0 spiro atoms. The number of hydrogen-bond acceptors (Lipinski definition) is 1. The molecule has 0 saturated carbocycles. The predicted molar refractivity (Wildman–Crippen MR) is 61.6 cm³/mol. The molecule has 0 N–H and O–H groups in total. The van der Waals surface area contributed by atoms with Crippen molar-refractivity contribution in [3.05, 3.63) is 59.4 Å². The second-order valence-corrected chi connectivity index (χ2v) is 3.88. The van der Waals surface area contributed by atoms with E-state index in [-0.39, 0.29) is 5.56 Å². The monoisotopic (exact) mass is 265 g/mol. The van der Waals surface area contributed by atoms with Crippen molar-refractivity contribution in [1.82, 2.24) is 0 Å². The average molecular weight is 265 g/mol. The van der Waals surface area contributed by atoms with E-state index in [9.17, 15) is 17.6 Å². The van der Waals surface area contributed by atoms with Crippen molar-refractivity contribution in [2.24, 2.45) is 0 Å². The van der Waals surface area contributed by atoms with Crippen LogP contribution in [-0.2, 0) is 6.18 Å². The largest absolute Gasteiger partial charge is 0.416 e. The summed E-state index contributed by atoms with van der Waals surface area (Å²) in [6, 6.07) is 9.85. The van der Waals surface area contributed by atoms with Gasteiger partial charge in [0.05, 0.1) is 17.2 Å². The van der Waals surface area contributed by atoms with Crippen molar-refractivity contribution < 1.29 is 17.6 Å². The molecule has 1 nitrogen and oxygen atoms in total.